The SMILES string of the molecule is COc1ccc(-n2c(C)cc(C(=O)NC[C@@H]3COCCO3)c2C)cc1. The highest BCUT2D eigenvalue weighted by Gasteiger charge is 2.19. The van der Waals surface area contributed by atoms with Crippen LogP contribution in [0.2, 0.25) is 0 Å². The van der Waals surface area contributed by atoms with Gasteiger partial charge in [0.1, 0.15) is 5.75 Å². The largest absolute Gasteiger partial charge is 0.497 e. The van der Waals surface area contributed by atoms with E-state index in [1.165, 1.54) is 0 Å². The lowest BCUT2D eigenvalue weighted by Gasteiger charge is -2.23. The third-order valence-electron chi connectivity index (χ3n) is 4.38. The third-order valence-corrected chi connectivity index (χ3v) is 4.38. The van der Waals surface area contributed by atoms with E-state index in [4.69, 9.17) is 14.2 Å². The topological polar surface area (TPSA) is 61.7 Å². The number of amides is 1. The van der Waals surface area contributed by atoms with Crippen LogP contribution < -0.4 is 10.1 Å². The Balaban J connectivity index is 1.74. The Morgan fingerprint density at radius 1 is 1.28 bits per heavy atom. The van der Waals surface area contributed by atoms with Crippen LogP contribution in [0.25, 0.3) is 5.69 Å². The first-order chi connectivity index (χ1) is 12.1. The Morgan fingerprint density at radius 3 is 2.68 bits per heavy atom. The van der Waals surface area contributed by atoms with Crippen molar-refractivity contribution in [1.29, 1.82) is 0 Å². The number of hydrogen-bond acceptors (Lipinski definition) is 4. The van der Waals surface area contributed by atoms with E-state index in [0.717, 1.165) is 22.8 Å². The molecular weight excluding hydrogens is 320 g/mol. The first-order valence-corrected chi connectivity index (χ1v) is 8.41. The highest BCUT2D eigenvalue weighted by Crippen LogP contribution is 2.22. The zero-order valence-corrected chi connectivity index (χ0v) is 14.9. The van der Waals surface area contributed by atoms with E-state index in [-0.39, 0.29) is 12.0 Å². The van der Waals surface area contributed by atoms with E-state index in [1.54, 1.807) is 7.11 Å². The normalized spacial score (nSPS) is 17.3. The van der Waals surface area contributed by atoms with Crippen molar-refractivity contribution in [2.24, 2.45) is 0 Å². The fourth-order valence-corrected chi connectivity index (χ4v) is 3.08. The summed E-state index contributed by atoms with van der Waals surface area (Å²) in [6.45, 7) is 6.11. The van der Waals surface area contributed by atoms with Crippen LogP contribution in [-0.4, -0.2) is 50.1 Å². The number of hydrogen-bond donors (Lipinski definition) is 1. The standard InChI is InChI=1S/C19H24N2O4/c1-13-10-18(19(22)20-11-17-12-24-8-9-25-17)14(2)21(13)15-4-6-16(23-3)7-5-15/h4-7,10,17H,8-9,11-12H2,1-3H3,(H,20,22)/t17-/m1/s1. The average molecular weight is 344 g/mol. The van der Waals surface area contributed by atoms with Crippen LogP contribution in [0.3, 0.4) is 0 Å². The molecule has 1 aliphatic heterocycles. The maximum atomic E-state index is 12.6. The number of carbonyl (C=O) groups is 1. The summed E-state index contributed by atoms with van der Waals surface area (Å²) < 4.78 is 18.2. The number of rotatable bonds is 5. The molecule has 0 bridgehead atoms. The van der Waals surface area contributed by atoms with E-state index in [2.05, 4.69) is 9.88 Å². The van der Waals surface area contributed by atoms with Crippen molar-refractivity contribution in [3.63, 3.8) is 0 Å². The van der Waals surface area contributed by atoms with Crippen LogP contribution in [0.5, 0.6) is 5.75 Å². The minimum Gasteiger partial charge on any atom is -0.497 e. The second-order valence-electron chi connectivity index (χ2n) is 6.10. The number of nitrogens with one attached hydrogen (secondary N) is 1. The Labute approximate surface area is 147 Å². The van der Waals surface area contributed by atoms with E-state index >= 15 is 0 Å². The van der Waals surface area contributed by atoms with Crippen molar-refractivity contribution in [2.75, 3.05) is 33.5 Å². The summed E-state index contributed by atoms with van der Waals surface area (Å²) in [4.78, 5) is 12.6. The molecule has 0 radical (unpaired) electrons. The van der Waals surface area contributed by atoms with Gasteiger partial charge in [-0.25, -0.2) is 0 Å². The molecule has 0 spiro atoms. The molecule has 1 N–H and O–H groups in total. The van der Waals surface area contributed by atoms with E-state index in [9.17, 15) is 4.79 Å². The molecular formula is C19H24N2O4. The van der Waals surface area contributed by atoms with Gasteiger partial charge in [0.15, 0.2) is 0 Å². The van der Waals surface area contributed by atoms with Gasteiger partial charge in [-0.3, -0.25) is 4.79 Å². The molecule has 0 saturated carbocycles. The molecule has 1 aromatic carbocycles. The third kappa shape index (κ3) is 3.86. The van der Waals surface area contributed by atoms with Crippen molar-refractivity contribution >= 4 is 5.91 Å². The van der Waals surface area contributed by atoms with E-state index < -0.39 is 0 Å². The number of carbonyl (C=O) groups excluding carboxylic acids is 1. The Hall–Kier alpha value is -2.31. The summed E-state index contributed by atoms with van der Waals surface area (Å²) in [6.07, 6.45) is -0.0808. The van der Waals surface area contributed by atoms with Gasteiger partial charge < -0.3 is 24.1 Å². The smallest absolute Gasteiger partial charge is 0.253 e. The zero-order valence-electron chi connectivity index (χ0n) is 14.9. The lowest BCUT2D eigenvalue weighted by Crippen LogP contribution is -2.39. The zero-order chi connectivity index (χ0) is 17.8. The van der Waals surface area contributed by atoms with Gasteiger partial charge in [-0.15, -0.1) is 0 Å². The Morgan fingerprint density at radius 2 is 2.04 bits per heavy atom. The van der Waals surface area contributed by atoms with Gasteiger partial charge in [0.25, 0.3) is 5.91 Å². The number of nitrogens with zero attached hydrogens (tertiary/aromatic N) is 1. The summed E-state index contributed by atoms with van der Waals surface area (Å²) in [6, 6.07) is 9.69. The molecule has 1 amide bonds. The molecule has 0 aliphatic carbocycles. The molecule has 25 heavy (non-hydrogen) atoms. The molecule has 1 atom stereocenters. The fourth-order valence-electron chi connectivity index (χ4n) is 3.08. The van der Waals surface area contributed by atoms with Gasteiger partial charge in [-0.1, -0.05) is 0 Å². The van der Waals surface area contributed by atoms with Gasteiger partial charge in [0.05, 0.1) is 38.6 Å². The number of ether oxygens (including phenoxy) is 3. The van der Waals surface area contributed by atoms with Gasteiger partial charge in [-0.2, -0.15) is 0 Å². The molecule has 3 rings (SSSR count). The second kappa shape index (κ2) is 7.72. The van der Waals surface area contributed by atoms with Crippen LogP contribution in [0.4, 0.5) is 0 Å². The Bertz CT molecular complexity index is 731. The highest BCUT2D eigenvalue weighted by molar-refractivity contribution is 5.95. The predicted molar refractivity (Wildman–Crippen MR) is 94.7 cm³/mol. The van der Waals surface area contributed by atoms with E-state index in [1.807, 2.05) is 44.2 Å². The molecule has 6 heteroatoms. The molecule has 1 fully saturated rings. The predicted octanol–water partition coefficient (Wildman–Crippen LogP) is 2.25. The van der Waals surface area contributed by atoms with Gasteiger partial charge in [-0.05, 0) is 44.2 Å². The molecule has 1 aliphatic rings. The minimum atomic E-state index is -0.0953. The molecule has 134 valence electrons. The number of aromatic nitrogens is 1. The summed E-state index contributed by atoms with van der Waals surface area (Å²) in [5.41, 5.74) is 3.58. The van der Waals surface area contributed by atoms with Crippen molar-refractivity contribution in [3.8, 4) is 11.4 Å². The molecule has 1 aromatic heterocycles. The molecule has 2 heterocycles. The first kappa shape index (κ1) is 17.5. The summed E-state index contributed by atoms with van der Waals surface area (Å²) in [5.74, 6) is 0.709. The lowest BCUT2D eigenvalue weighted by atomic mass is 10.2. The summed E-state index contributed by atoms with van der Waals surface area (Å²) in [7, 11) is 1.64. The molecule has 1 saturated heterocycles. The van der Waals surface area contributed by atoms with Crippen molar-refractivity contribution < 1.29 is 19.0 Å². The lowest BCUT2D eigenvalue weighted by molar-refractivity contribution is -0.0855. The Kier molecular flexibility index (Phi) is 5.40. The van der Waals surface area contributed by atoms with Crippen molar-refractivity contribution in [3.05, 3.63) is 47.3 Å². The van der Waals surface area contributed by atoms with Crippen LogP contribution in [0.1, 0.15) is 21.7 Å². The second-order valence-corrected chi connectivity index (χ2v) is 6.10. The van der Waals surface area contributed by atoms with E-state index in [0.29, 0.717) is 31.9 Å². The van der Waals surface area contributed by atoms with Crippen molar-refractivity contribution in [1.82, 2.24) is 9.88 Å². The molecule has 6 nitrogen and oxygen atoms in total. The first-order valence-electron chi connectivity index (χ1n) is 8.41. The maximum absolute atomic E-state index is 12.6. The fraction of sp³-hybridized carbons (Fsp3) is 0.421. The summed E-state index contributed by atoms with van der Waals surface area (Å²) in [5, 5.41) is 2.94. The highest BCUT2D eigenvalue weighted by atomic mass is 16.6. The summed E-state index contributed by atoms with van der Waals surface area (Å²) >= 11 is 0. The van der Waals surface area contributed by atoms with Gasteiger partial charge in [0.2, 0.25) is 0 Å². The van der Waals surface area contributed by atoms with Crippen LogP contribution >= 0.6 is 0 Å². The number of benzene rings is 1. The van der Waals surface area contributed by atoms with Gasteiger partial charge in [0, 0.05) is 23.6 Å². The molecule has 0 unspecified atom stereocenters. The average Bonchev–Trinajstić information content (AvgIpc) is 2.95. The van der Waals surface area contributed by atoms with Crippen LogP contribution in [-0.2, 0) is 9.47 Å². The quantitative estimate of drug-likeness (QED) is 0.904. The van der Waals surface area contributed by atoms with Crippen LogP contribution in [0.15, 0.2) is 30.3 Å². The monoisotopic (exact) mass is 344 g/mol. The van der Waals surface area contributed by atoms with Crippen LogP contribution in [0, 0.1) is 13.8 Å². The minimum absolute atomic E-state index is 0.0808. The number of methoxy groups -OCH3 is 1. The number of aryl methyl sites for hydroxylation is 1. The van der Waals surface area contributed by atoms with Crippen molar-refractivity contribution in [2.45, 2.75) is 20.0 Å². The molecule has 2 aromatic rings. The van der Waals surface area contributed by atoms with Gasteiger partial charge >= 0.3 is 0 Å². The maximum Gasteiger partial charge on any atom is 0.253 e.